The number of aromatic nitrogens is 1. The van der Waals surface area contributed by atoms with E-state index in [0.717, 1.165) is 5.39 Å². The molecule has 4 heteroatoms. The Kier molecular flexibility index (Phi) is 4.21. The van der Waals surface area contributed by atoms with E-state index in [1.54, 1.807) is 13.0 Å². The molecule has 2 aromatic carbocycles. The summed E-state index contributed by atoms with van der Waals surface area (Å²) in [5, 5.41) is 3.81. The Hall–Kier alpha value is -2.88. The van der Waals surface area contributed by atoms with Crippen LogP contribution in [-0.4, -0.2) is 10.9 Å². The van der Waals surface area contributed by atoms with Gasteiger partial charge in [0.2, 0.25) is 0 Å². The Labute approximate surface area is 140 Å². The minimum atomic E-state index is -0.167. The molecule has 24 heavy (non-hydrogen) atoms. The summed E-state index contributed by atoms with van der Waals surface area (Å²) in [6, 6.07) is 14.9. The molecule has 3 rings (SSSR count). The maximum Gasteiger partial charge on any atom is 0.255 e. The van der Waals surface area contributed by atoms with Crippen LogP contribution in [0.4, 0.5) is 5.69 Å². The number of carbonyl (C=O) groups excluding carboxylic acids is 1. The summed E-state index contributed by atoms with van der Waals surface area (Å²) in [5.74, 6) is 0.266. The van der Waals surface area contributed by atoms with Crippen molar-refractivity contribution in [3.8, 4) is 0 Å². The smallest absolute Gasteiger partial charge is 0.255 e. The Morgan fingerprint density at radius 3 is 2.42 bits per heavy atom. The highest BCUT2D eigenvalue weighted by Gasteiger charge is 2.08. The maximum atomic E-state index is 12.4. The number of hydrogen-bond acceptors (Lipinski definition) is 2. The molecule has 2 N–H and O–H groups in total. The Morgan fingerprint density at radius 2 is 1.75 bits per heavy atom. The van der Waals surface area contributed by atoms with Gasteiger partial charge in [-0.15, -0.1) is 0 Å². The number of pyridine rings is 1. The van der Waals surface area contributed by atoms with Gasteiger partial charge in [-0.2, -0.15) is 0 Å². The van der Waals surface area contributed by atoms with Crippen LogP contribution < -0.4 is 10.9 Å². The first kappa shape index (κ1) is 16.0. The van der Waals surface area contributed by atoms with E-state index in [1.807, 2.05) is 42.5 Å². The molecule has 1 amide bonds. The molecule has 0 spiro atoms. The summed E-state index contributed by atoms with van der Waals surface area (Å²) in [6.07, 6.45) is 0. The van der Waals surface area contributed by atoms with Crippen molar-refractivity contribution >= 4 is 22.5 Å². The predicted molar refractivity (Wildman–Crippen MR) is 97.8 cm³/mol. The molecule has 0 aliphatic carbocycles. The molecular formula is C20H20N2O2. The number of aryl methyl sites for hydroxylation is 1. The minimum absolute atomic E-state index is 0.116. The quantitative estimate of drug-likeness (QED) is 0.759. The van der Waals surface area contributed by atoms with E-state index < -0.39 is 0 Å². The van der Waals surface area contributed by atoms with Crippen molar-refractivity contribution in [2.24, 2.45) is 0 Å². The van der Waals surface area contributed by atoms with E-state index in [9.17, 15) is 9.59 Å². The summed E-state index contributed by atoms with van der Waals surface area (Å²) in [5.41, 5.74) is 3.72. The van der Waals surface area contributed by atoms with E-state index in [4.69, 9.17) is 0 Å². The fourth-order valence-electron chi connectivity index (χ4n) is 2.61. The molecule has 0 aliphatic heterocycles. The lowest BCUT2D eigenvalue weighted by Gasteiger charge is -2.09. The number of nitrogens with one attached hydrogen (secondary N) is 2. The van der Waals surface area contributed by atoms with E-state index in [1.165, 1.54) is 5.56 Å². The lowest BCUT2D eigenvalue weighted by atomic mass is 10.0. The van der Waals surface area contributed by atoms with Gasteiger partial charge in [0.25, 0.3) is 11.5 Å². The zero-order chi connectivity index (χ0) is 17.3. The Bertz CT molecular complexity index is 954. The molecule has 0 saturated heterocycles. The van der Waals surface area contributed by atoms with Crippen molar-refractivity contribution in [3.63, 3.8) is 0 Å². The van der Waals surface area contributed by atoms with Gasteiger partial charge in [-0.05, 0) is 54.1 Å². The van der Waals surface area contributed by atoms with Crippen LogP contribution in [0.25, 0.3) is 10.9 Å². The van der Waals surface area contributed by atoms with Gasteiger partial charge in [0, 0.05) is 16.8 Å². The van der Waals surface area contributed by atoms with E-state index in [-0.39, 0.29) is 11.5 Å². The van der Waals surface area contributed by atoms with Gasteiger partial charge in [0.05, 0.1) is 5.52 Å². The van der Waals surface area contributed by atoms with Crippen LogP contribution in [0.1, 0.15) is 41.3 Å². The summed E-state index contributed by atoms with van der Waals surface area (Å²) < 4.78 is 0. The van der Waals surface area contributed by atoms with Crippen molar-refractivity contribution < 1.29 is 4.79 Å². The highest BCUT2D eigenvalue weighted by atomic mass is 16.1. The fraction of sp³-hybridized carbons (Fsp3) is 0.200. The SMILES string of the molecule is Cc1cc2ccc(NC(=O)c3ccc(C(C)C)cc3)cc2[nH]c1=O. The normalized spacial score (nSPS) is 11.0. The number of H-pyrrole nitrogens is 1. The predicted octanol–water partition coefficient (Wildman–Crippen LogP) is 4.21. The average Bonchev–Trinajstić information content (AvgIpc) is 2.56. The van der Waals surface area contributed by atoms with Crippen LogP contribution in [-0.2, 0) is 0 Å². The van der Waals surface area contributed by atoms with Gasteiger partial charge in [-0.25, -0.2) is 0 Å². The summed E-state index contributed by atoms with van der Waals surface area (Å²) >= 11 is 0. The zero-order valence-corrected chi connectivity index (χ0v) is 14.0. The fourth-order valence-corrected chi connectivity index (χ4v) is 2.61. The third-order valence-corrected chi connectivity index (χ3v) is 4.13. The summed E-state index contributed by atoms with van der Waals surface area (Å²) in [4.78, 5) is 26.9. The van der Waals surface area contributed by atoms with Crippen molar-refractivity contribution in [3.05, 3.63) is 75.6 Å². The van der Waals surface area contributed by atoms with Crippen LogP contribution in [0.5, 0.6) is 0 Å². The van der Waals surface area contributed by atoms with Gasteiger partial charge in [-0.3, -0.25) is 9.59 Å². The molecule has 4 nitrogen and oxygen atoms in total. The highest BCUT2D eigenvalue weighted by Crippen LogP contribution is 2.19. The van der Waals surface area contributed by atoms with Crippen molar-refractivity contribution in [2.75, 3.05) is 5.32 Å². The average molecular weight is 320 g/mol. The molecule has 0 radical (unpaired) electrons. The zero-order valence-electron chi connectivity index (χ0n) is 14.0. The second kappa shape index (κ2) is 6.32. The maximum absolute atomic E-state index is 12.4. The number of rotatable bonds is 3. The lowest BCUT2D eigenvalue weighted by molar-refractivity contribution is 0.102. The third-order valence-electron chi connectivity index (χ3n) is 4.13. The molecule has 0 unspecified atom stereocenters. The molecule has 0 aliphatic rings. The summed E-state index contributed by atoms with van der Waals surface area (Å²) in [6.45, 7) is 6.01. The Balaban J connectivity index is 1.84. The number of fused-ring (bicyclic) bond motifs is 1. The number of aromatic amines is 1. The van der Waals surface area contributed by atoms with Crippen LogP contribution in [0.2, 0.25) is 0 Å². The molecule has 1 heterocycles. The monoisotopic (exact) mass is 320 g/mol. The molecule has 0 saturated carbocycles. The minimum Gasteiger partial charge on any atom is -0.322 e. The molecule has 1 aromatic heterocycles. The van der Waals surface area contributed by atoms with E-state index in [0.29, 0.717) is 28.2 Å². The van der Waals surface area contributed by atoms with Crippen molar-refractivity contribution in [1.29, 1.82) is 0 Å². The van der Waals surface area contributed by atoms with Crippen LogP contribution >= 0.6 is 0 Å². The molecule has 0 fully saturated rings. The molecule has 0 atom stereocenters. The second-order valence-corrected chi connectivity index (χ2v) is 6.31. The van der Waals surface area contributed by atoms with Gasteiger partial charge < -0.3 is 10.3 Å². The molecule has 122 valence electrons. The third kappa shape index (κ3) is 3.23. The van der Waals surface area contributed by atoms with Crippen LogP contribution in [0, 0.1) is 6.92 Å². The topological polar surface area (TPSA) is 62.0 Å². The number of anilines is 1. The highest BCUT2D eigenvalue weighted by molar-refractivity contribution is 6.05. The van der Waals surface area contributed by atoms with Gasteiger partial charge in [0.1, 0.15) is 0 Å². The van der Waals surface area contributed by atoms with Crippen molar-refractivity contribution in [2.45, 2.75) is 26.7 Å². The number of carbonyl (C=O) groups is 1. The first-order chi connectivity index (χ1) is 11.4. The summed E-state index contributed by atoms with van der Waals surface area (Å²) in [7, 11) is 0. The Morgan fingerprint density at radius 1 is 1.04 bits per heavy atom. The second-order valence-electron chi connectivity index (χ2n) is 6.31. The molecule has 3 aromatic rings. The van der Waals surface area contributed by atoms with Crippen LogP contribution in [0.3, 0.4) is 0 Å². The number of benzene rings is 2. The number of amides is 1. The standard InChI is InChI=1S/C20H20N2O2/c1-12(2)14-4-6-15(7-5-14)20(24)21-17-9-8-16-10-13(3)19(23)22-18(16)11-17/h4-12H,1-3H3,(H,21,24)(H,22,23). The van der Waals surface area contributed by atoms with Gasteiger partial charge in [-0.1, -0.05) is 32.0 Å². The first-order valence-electron chi connectivity index (χ1n) is 7.99. The lowest BCUT2D eigenvalue weighted by Crippen LogP contribution is -2.12. The van der Waals surface area contributed by atoms with Gasteiger partial charge in [0.15, 0.2) is 0 Å². The first-order valence-corrected chi connectivity index (χ1v) is 7.99. The molecular weight excluding hydrogens is 300 g/mol. The molecule has 0 bridgehead atoms. The van der Waals surface area contributed by atoms with Crippen molar-refractivity contribution in [1.82, 2.24) is 4.98 Å². The van der Waals surface area contributed by atoms with E-state index >= 15 is 0 Å². The largest absolute Gasteiger partial charge is 0.322 e. The van der Waals surface area contributed by atoms with Gasteiger partial charge >= 0.3 is 0 Å². The number of hydrogen-bond donors (Lipinski definition) is 2. The van der Waals surface area contributed by atoms with Crippen LogP contribution in [0.15, 0.2) is 53.3 Å². The van der Waals surface area contributed by atoms with E-state index in [2.05, 4.69) is 24.1 Å².